The third-order valence-electron chi connectivity index (χ3n) is 3.16. The Morgan fingerprint density at radius 3 is 3.17 bits per heavy atom. The van der Waals surface area contributed by atoms with Crippen LogP contribution >= 0.6 is 0 Å². The molecule has 0 saturated carbocycles. The number of nitriles is 1. The van der Waals surface area contributed by atoms with Crippen molar-refractivity contribution in [2.75, 3.05) is 18.0 Å². The Bertz CT molecular complexity index is 481. The summed E-state index contributed by atoms with van der Waals surface area (Å²) in [7, 11) is 0. The Kier molecular flexibility index (Phi) is 3.78. The van der Waals surface area contributed by atoms with Gasteiger partial charge in [-0.1, -0.05) is 6.07 Å². The lowest BCUT2D eigenvalue weighted by Crippen LogP contribution is -2.36. The van der Waals surface area contributed by atoms with Crippen LogP contribution in [-0.4, -0.2) is 29.1 Å². The van der Waals surface area contributed by atoms with Gasteiger partial charge < -0.3 is 10.0 Å². The number of carboxylic acid groups (broad SMARTS) is 1. The molecule has 5 nitrogen and oxygen atoms in total. The van der Waals surface area contributed by atoms with Crippen LogP contribution < -0.4 is 4.90 Å². The number of aromatic nitrogens is 1. The van der Waals surface area contributed by atoms with E-state index in [0.717, 1.165) is 25.2 Å². The summed E-state index contributed by atoms with van der Waals surface area (Å²) in [4.78, 5) is 17.0. The maximum Gasteiger partial charge on any atom is 0.303 e. The molecule has 18 heavy (non-hydrogen) atoms. The highest BCUT2D eigenvalue weighted by atomic mass is 16.4. The summed E-state index contributed by atoms with van der Waals surface area (Å²) >= 11 is 0. The molecule has 1 unspecified atom stereocenters. The van der Waals surface area contributed by atoms with Gasteiger partial charge >= 0.3 is 5.97 Å². The molecule has 0 amide bonds. The molecule has 0 bridgehead atoms. The zero-order chi connectivity index (χ0) is 13.0. The summed E-state index contributed by atoms with van der Waals surface area (Å²) in [6.07, 6.45) is 2.12. The number of hydrogen-bond acceptors (Lipinski definition) is 4. The van der Waals surface area contributed by atoms with Gasteiger partial charge in [-0.3, -0.25) is 4.79 Å². The van der Waals surface area contributed by atoms with Crippen molar-refractivity contribution in [2.24, 2.45) is 5.92 Å². The number of anilines is 1. The van der Waals surface area contributed by atoms with E-state index in [9.17, 15) is 4.79 Å². The van der Waals surface area contributed by atoms with Crippen molar-refractivity contribution in [3.63, 3.8) is 0 Å². The van der Waals surface area contributed by atoms with Crippen molar-refractivity contribution in [3.8, 4) is 6.07 Å². The van der Waals surface area contributed by atoms with E-state index in [4.69, 9.17) is 10.4 Å². The predicted molar refractivity (Wildman–Crippen MR) is 66.1 cm³/mol. The fourth-order valence-corrected chi connectivity index (χ4v) is 2.35. The van der Waals surface area contributed by atoms with Gasteiger partial charge in [-0.05, 0) is 30.9 Å². The molecule has 2 heterocycles. The smallest absolute Gasteiger partial charge is 0.303 e. The van der Waals surface area contributed by atoms with Crippen molar-refractivity contribution < 1.29 is 9.90 Å². The standard InChI is InChI=1S/C13H15N3O2/c14-8-11-4-1-5-12(15-11)16-6-2-3-10(9-16)7-13(17)18/h1,4-5,10H,2-3,6-7,9H2,(H,17,18). The lowest BCUT2D eigenvalue weighted by Gasteiger charge is -2.32. The van der Waals surface area contributed by atoms with Gasteiger partial charge in [0.25, 0.3) is 0 Å². The van der Waals surface area contributed by atoms with Crippen LogP contribution in [0.5, 0.6) is 0 Å². The van der Waals surface area contributed by atoms with Crippen LogP contribution in [0, 0.1) is 17.2 Å². The Morgan fingerprint density at radius 1 is 1.61 bits per heavy atom. The largest absolute Gasteiger partial charge is 0.481 e. The molecule has 0 spiro atoms. The number of rotatable bonds is 3. The normalized spacial score (nSPS) is 19.3. The summed E-state index contributed by atoms with van der Waals surface area (Å²) in [5.41, 5.74) is 0.396. The zero-order valence-corrected chi connectivity index (χ0v) is 10.0. The molecule has 1 fully saturated rings. The molecular weight excluding hydrogens is 230 g/mol. The predicted octanol–water partition coefficient (Wildman–Crippen LogP) is 1.64. The molecule has 0 aliphatic carbocycles. The van der Waals surface area contributed by atoms with E-state index in [2.05, 4.69) is 9.88 Å². The van der Waals surface area contributed by atoms with Crippen LogP contribution in [0.3, 0.4) is 0 Å². The molecule has 94 valence electrons. The minimum atomic E-state index is -0.749. The van der Waals surface area contributed by atoms with Gasteiger partial charge in [0, 0.05) is 19.5 Å². The molecule has 1 atom stereocenters. The number of pyridine rings is 1. The van der Waals surface area contributed by atoms with E-state index in [1.54, 1.807) is 6.07 Å². The highest BCUT2D eigenvalue weighted by Crippen LogP contribution is 2.23. The monoisotopic (exact) mass is 245 g/mol. The lowest BCUT2D eigenvalue weighted by atomic mass is 9.95. The molecule has 0 radical (unpaired) electrons. The average Bonchev–Trinajstić information content (AvgIpc) is 2.38. The van der Waals surface area contributed by atoms with Crippen molar-refractivity contribution in [1.82, 2.24) is 4.98 Å². The van der Waals surface area contributed by atoms with Crippen molar-refractivity contribution in [2.45, 2.75) is 19.3 Å². The van der Waals surface area contributed by atoms with E-state index < -0.39 is 5.97 Å². The van der Waals surface area contributed by atoms with Gasteiger partial charge in [-0.25, -0.2) is 4.98 Å². The first-order valence-corrected chi connectivity index (χ1v) is 6.03. The first kappa shape index (κ1) is 12.4. The van der Waals surface area contributed by atoms with Crippen molar-refractivity contribution in [1.29, 1.82) is 5.26 Å². The minimum absolute atomic E-state index is 0.170. The number of carboxylic acids is 1. The molecule has 2 rings (SSSR count). The summed E-state index contributed by atoms with van der Waals surface area (Å²) in [5, 5.41) is 17.7. The van der Waals surface area contributed by atoms with Gasteiger partial charge in [-0.15, -0.1) is 0 Å². The second-order valence-corrected chi connectivity index (χ2v) is 4.54. The van der Waals surface area contributed by atoms with Crippen LogP contribution in [0.15, 0.2) is 18.2 Å². The highest BCUT2D eigenvalue weighted by Gasteiger charge is 2.22. The highest BCUT2D eigenvalue weighted by molar-refractivity contribution is 5.67. The number of hydrogen-bond donors (Lipinski definition) is 1. The number of carbonyl (C=O) groups is 1. The van der Waals surface area contributed by atoms with E-state index in [1.807, 2.05) is 18.2 Å². The summed E-state index contributed by atoms with van der Waals surface area (Å²) in [6, 6.07) is 7.36. The van der Waals surface area contributed by atoms with Gasteiger partial charge in [0.05, 0.1) is 0 Å². The quantitative estimate of drug-likeness (QED) is 0.876. The molecule has 5 heteroatoms. The maximum absolute atomic E-state index is 10.7. The maximum atomic E-state index is 10.7. The van der Waals surface area contributed by atoms with Gasteiger partial charge in [0.2, 0.25) is 0 Å². The van der Waals surface area contributed by atoms with Crippen LogP contribution in [0.2, 0.25) is 0 Å². The fourth-order valence-electron chi connectivity index (χ4n) is 2.35. The number of nitrogens with zero attached hydrogens (tertiary/aromatic N) is 3. The summed E-state index contributed by atoms with van der Waals surface area (Å²) in [5.74, 6) is 0.188. The van der Waals surface area contributed by atoms with Crippen LogP contribution in [-0.2, 0) is 4.79 Å². The zero-order valence-electron chi connectivity index (χ0n) is 10.0. The van der Waals surface area contributed by atoms with E-state index >= 15 is 0 Å². The Hall–Kier alpha value is -2.09. The number of piperidine rings is 1. The number of aliphatic carboxylic acids is 1. The lowest BCUT2D eigenvalue weighted by molar-refractivity contribution is -0.138. The first-order valence-electron chi connectivity index (χ1n) is 6.03. The fraction of sp³-hybridized carbons (Fsp3) is 0.462. The first-order chi connectivity index (χ1) is 8.69. The molecule has 1 aliphatic heterocycles. The molecule has 1 aliphatic rings. The van der Waals surface area contributed by atoms with Gasteiger partial charge in [0.1, 0.15) is 17.6 Å². The second-order valence-electron chi connectivity index (χ2n) is 4.54. The average molecular weight is 245 g/mol. The third kappa shape index (κ3) is 2.98. The topological polar surface area (TPSA) is 77.2 Å². The molecule has 1 aromatic rings. The second kappa shape index (κ2) is 5.50. The molecule has 0 aromatic carbocycles. The van der Waals surface area contributed by atoms with Crippen LogP contribution in [0.1, 0.15) is 25.0 Å². The molecule has 1 N–H and O–H groups in total. The van der Waals surface area contributed by atoms with Gasteiger partial charge in [0.15, 0.2) is 0 Å². The summed E-state index contributed by atoms with van der Waals surface area (Å²) in [6.45, 7) is 1.58. The molecule has 1 aromatic heterocycles. The minimum Gasteiger partial charge on any atom is -0.481 e. The Morgan fingerprint density at radius 2 is 2.44 bits per heavy atom. The third-order valence-corrected chi connectivity index (χ3v) is 3.16. The van der Waals surface area contributed by atoms with Crippen LogP contribution in [0.4, 0.5) is 5.82 Å². The van der Waals surface area contributed by atoms with Crippen molar-refractivity contribution in [3.05, 3.63) is 23.9 Å². The SMILES string of the molecule is N#Cc1cccc(N2CCCC(CC(=O)O)C2)n1. The van der Waals surface area contributed by atoms with E-state index in [1.165, 1.54) is 0 Å². The van der Waals surface area contributed by atoms with E-state index in [-0.39, 0.29) is 12.3 Å². The molecular formula is C13H15N3O2. The van der Waals surface area contributed by atoms with Crippen LogP contribution in [0.25, 0.3) is 0 Å². The van der Waals surface area contributed by atoms with E-state index in [0.29, 0.717) is 12.2 Å². The molecule has 1 saturated heterocycles. The van der Waals surface area contributed by atoms with Crippen molar-refractivity contribution >= 4 is 11.8 Å². The Labute approximate surface area is 106 Å². The Balaban J connectivity index is 2.08. The summed E-state index contributed by atoms with van der Waals surface area (Å²) < 4.78 is 0. The van der Waals surface area contributed by atoms with Gasteiger partial charge in [-0.2, -0.15) is 5.26 Å².